The number of morpholine rings is 1. The molecule has 1 atom stereocenters. The van der Waals surface area contributed by atoms with Crippen LogP contribution in [-0.2, 0) is 16.0 Å². The molecule has 1 saturated heterocycles. The zero-order valence-electron chi connectivity index (χ0n) is 15.8. The van der Waals surface area contributed by atoms with Crippen molar-refractivity contribution in [1.29, 1.82) is 0 Å². The molecule has 0 aliphatic carbocycles. The smallest absolute Gasteiger partial charge is 0.254 e. The third kappa shape index (κ3) is 3.92. The highest BCUT2D eigenvalue weighted by Crippen LogP contribution is 2.19. The Morgan fingerprint density at radius 2 is 1.96 bits per heavy atom. The van der Waals surface area contributed by atoms with Crippen LogP contribution in [0.15, 0.2) is 54.7 Å². The number of hydrogen-bond acceptors (Lipinski definition) is 3. The Hall–Kier alpha value is -3.12. The van der Waals surface area contributed by atoms with Gasteiger partial charge in [0.1, 0.15) is 0 Å². The Balaban J connectivity index is 1.38. The maximum atomic E-state index is 12.6. The van der Waals surface area contributed by atoms with Gasteiger partial charge >= 0.3 is 0 Å². The number of fused-ring (bicyclic) bond motifs is 1. The first-order valence-electron chi connectivity index (χ1n) is 9.46. The number of carbonyl (C=O) groups excluding carboxylic acids is 2. The summed E-state index contributed by atoms with van der Waals surface area (Å²) in [5.74, 6) is -0.0994. The molecule has 0 spiro atoms. The second-order valence-corrected chi connectivity index (χ2v) is 7.09. The van der Waals surface area contributed by atoms with Crippen molar-refractivity contribution in [2.24, 2.45) is 0 Å². The monoisotopic (exact) mass is 377 g/mol. The molecule has 2 N–H and O–H groups in total. The second-order valence-electron chi connectivity index (χ2n) is 7.09. The van der Waals surface area contributed by atoms with Gasteiger partial charge in [-0.15, -0.1) is 0 Å². The Bertz CT molecular complexity index is 994. The molecule has 1 aliphatic heterocycles. The first-order chi connectivity index (χ1) is 13.6. The van der Waals surface area contributed by atoms with E-state index in [9.17, 15) is 9.59 Å². The molecule has 1 fully saturated rings. The number of anilines is 1. The lowest BCUT2D eigenvalue weighted by atomic mass is 10.1. The van der Waals surface area contributed by atoms with Gasteiger partial charge in [0.2, 0.25) is 5.91 Å². The van der Waals surface area contributed by atoms with Crippen molar-refractivity contribution in [3.63, 3.8) is 0 Å². The highest BCUT2D eigenvalue weighted by atomic mass is 16.5. The van der Waals surface area contributed by atoms with E-state index in [-0.39, 0.29) is 24.3 Å². The third-order valence-corrected chi connectivity index (χ3v) is 4.97. The van der Waals surface area contributed by atoms with Gasteiger partial charge in [0.15, 0.2) is 0 Å². The Kier molecular flexibility index (Phi) is 5.12. The van der Waals surface area contributed by atoms with E-state index in [1.54, 1.807) is 29.2 Å². The minimum absolute atomic E-state index is 0.00757. The molecule has 3 aromatic rings. The van der Waals surface area contributed by atoms with Crippen molar-refractivity contribution in [3.05, 3.63) is 65.9 Å². The molecule has 6 nitrogen and oxygen atoms in total. The van der Waals surface area contributed by atoms with Crippen molar-refractivity contribution in [1.82, 2.24) is 9.88 Å². The van der Waals surface area contributed by atoms with Gasteiger partial charge in [-0.3, -0.25) is 9.59 Å². The average Bonchev–Trinajstić information content (AvgIpc) is 3.11. The second kappa shape index (κ2) is 7.86. The Labute approximate surface area is 163 Å². The van der Waals surface area contributed by atoms with Gasteiger partial charge in [-0.1, -0.05) is 18.2 Å². The van der Waals surface area contributed by atoms with E-state index in [1.807, 2.05) is 37.4 Å². The lowest BCUT2D eigenvalue weighted by Crippen LogP contribution is -2.44. The fourth-order valence-corrected chi connectivity index (χ4v) is 3.54. The van der Waals surface area contributed by atoms with E-state index >= 15 is 0 Å². The number of ether oxygens (including phenoxy) is 1. The van der Waals surface area contributed by atoms with Gasteiger partial charge in [-0.25, -0.2) is 0 Å². The number of benzene rings is 2. The molecule has 1 aliphatic rings. The minimum atomic E-state index is -0.0918. The predicted octanol–water partition coefficient (Wildman–Crippen LogP) is 3.21. The fourth-order valence-electron chi connectivity index (χ4n) is 3.54. The standard InChI is InChI=1S/C22H23N3O3/c1-15-14-25(10-11-28-15)22(27)16-6-8-18(9-7-16)24-21(26)12-17-13-23-20-5-3-2-4-19(17)20/h2-9,13,15,23H,10-12,14H2,1H3,(H,24,26). The van der Waals surface area contributed by atoms with E-state index in [1.165, 1.54) is 0 Å². The highest BCUT2D eigenvalue weighted by Gasteiger charge is 2.22. The van der Waals surface area contributed by atoms with Crippen LogP contribution in [0.5, 0.6) is 0 Å². The summed E-state index contributed by atoms with van der Waals surface area (Å²) >= 11 is 0. The third-order valence-electron chi connectivity index (χ3n) is 4.97. The first-order valence-corrected chi connectivity index (χ1v) is 9.46. The molecule has 0 saturated carbocycles. The molecule has 144 valence electrons. The molecule has 0 radical (unpaired) electrons. The molecular weight excluding hydrogens is 354 g/mol. The number of carbonyl (C=O) groups is 2. The van der Waals surface area contributed by atoms with E-state index in [0.717, 1.165) is 16.5 Å². The summed E-state index contributed by atoms with van der Waals surface area (Å²) in [5.41, 5.74) is 3.27. The normalized spacial score (nSPS) is 16.9. The van der Waals surface area contributed by atoms with Crippen LogP contribution in [0, 0.1) is 0 Å². The summed E-state index contributed by atoms with van der Waals surface area (Å²) in [5, 5.41) is 3.95. The Morgan fingerprint density at radius 1 is 1.18 bits per heavy atom. The van der Waals surface area contributed by atoms with Crippen molar-refractivity contribution in [2.45, 2.75) is 19.4 Å². The highest BCUT2D eigenvalue weighted by molar-refractivity contribution is 5.97. The van der Waals surface area contributed by atoms with Gasteiger partial charge < -0.3 is 19.9 Å². The molecule has 2 amide bonds. The van der Waals surface area contributed by atoms with Crippen molar-refractivity contribution < 1.29 is 14.3 Å². The maximum absolute atomic E-state index is 12.6. The topological polar surface area (TPSA) is 74.4 Å². The first kappa shape index (κ1) is 18.3. The van der Waals surface area contributed by atoms with Gasteiger partial charge in [-0.05, 0) is 42.8 Å². The predicted molar refractivity (Wildman–Crippen MR) is 108 cm³/mol. The molecular formula is C22H23N3O3. The van der Waals surface area contributed by atoms with Gasteiger partial charge in [0.05, 0.1) is 19.1 Å². The quantitative estimate of drug-likeness (QED) is 0.733. The van der Waals surface area contributed by atoms with Crippen molar-refractivity contribution in [2.75, 3.05) is 25.0 Å². The van der Waals surface area contributed by atoms with Crippen LogP contribution < -0.4 is 5.32 Å². The van der Waals surface area contributed by atoms with Crippen LogP contribution in [0.2, 0.25) is 0 Å². The van der Waals surface area contributed by atoms with Gasteiger partial charge in [-0.2, -0.15) is 0 Å². The fraction of sp³-hybridized carbons (Fsp3) is 0.273. The largest absolute Gasteiger partial charge is 0.375 e. The van der Waals surface area contributed by atoms with E-state index in [2.05, 4.69) is 10.3 Å². The van der Waals surface area contributed by atoms with Crippen molar-refractivity contribution in [3.8, 4) is 0 Å². The van der Waals surface area contributed by atoms with Gasteiger partial charge in [0.25, 0.3) is 5.91 Å². The van der Waals surface area contributed by atoms with E-state index in [4.69, 9.17) is 4.74 Å². The minimum Gasteiger partial charge on any atom is -0.375 e. The van der Waals surface area contributed by atoms with E-state index in [0.29, 0.717) is 30.9 Å². The zero-order valence-corrected chi connectivity index (χ0v) is 15.8. The van der Waals surface area contributed by atoms with Crippen LogP contribution >= 0.6 is 0 Å². The molecule has 2 heterocycles. The van der Waals surface area contributed by atoms with Crippen molar-refractivity contribution >= 4 is 28.4 Å². The molecule has 28 heavy (non-hydrogen) atoms. The number of hydrogen-bond donors (Lipinski definition) is 2. The summed E-state index contributed by atoms with van der Waals surface area (Å²) in [6.07, 6.45) is 2.21. The molecule has 6 heteroatoms. The summed E-state index contributed by atoms with van der Waals surface area (Å²) in [6, 6.07) is 15.0. The summed E-state index contributed by atoms with van der Waals surface area (Å²) in [6.45, 7) is 3.73. The zero-order chi connectivity index (χ0) is 19.5. The summed E-state index contributed by atoms with van der Waals surface area (Å²) in [4.78, 5) is 30.0. The summed E-state index contributed by atoms with van der Waals surface area (Å²) in [7, 11) is 0. The number of aromatic amines is 1. The van der Waals surface area contributed by atoms with Gasteiger partial charge in [0, 0.05) is 41.4 Å². The number of nitrogens with one attached hydrogen (secondary N) is 2. The SMILES string of the molecule is CC1CN(C(=O)c2ccc(NC(=O)Cc3c[nH]c4ccccc34)cc2)CCO1. The maximum Gasteiger partial charge on any atom is 0.254 e. The molecule has 0 bridgehead atoms. The van der Waals surface area contributed by atoms with Crippen LogP contribution in [0.25, 0.3) is 10.9 Å². The van der Waals surface area contributed by atoms with E-state index < -0.39 is 0 Å². The lowest BCUT2D eigenvalue weighted by Gasteiger charge is -2.31. The number of para-hydroxylation sites is 1. The average molecular weight is 377 g/mol. The van der Waals surface area contributed by atoms with Crippen LogP contribution in [0.1, 0.15) is 22.8 Å². The van der Waals surface area contributed by atoms with Crippen LogP contribution in [-0.4, -0.2) is 47.5 Å². The molecule has 2 aromatic carbocycles. The lowest BCUT2D eigenvalue weighted by molar-refractivity contribution is -0.115. The molecule has 1 aromatic heterocycles. The van der Waals surface area contributed by atoms with Crippen LogP contribution in [0.4, 0.5) is 5.69 Å². The number of aromatic nitrogens is 1. The summed E-state index contributed by atoms with van der Waals surface area (Å²) < 4.78 is 5.48. The number of H-pyrrole nitrogens is 1. The molecule has 4 rings (SSSR count). The number of rotatable bonds is 4. The molecule has 1 unspecified atom stereocenters. The van der Waals surface area contributed by atoms with Crippen LogP contribution in [0.3, 0.4) is 0 Å². The Morgan fingerprint density at radius 3 is 2.75 bits per heavy atom. The number of nitrogens with zero attached hydrogens (tertiary/aromatic N) is 1. The number of amides is 2.